The van der Waals surface area contributed by atoms with Gasteiger partial charge in [-0.2, -0.15) is 0 Å². The first-order valence-corrected chi connectivity index (χ1v) is 7.08. The average Bonchev–Trinajstić information content (AvgIpc) is 3.03. The highest BCUT2D eigenvalue weighted by atomic mass is 15.1. The number of nitrogens with zero attached hydrogens (tertiary/aromatic N) is 1. The molecule has 0 saturated heterocycles. The molecule has 0 aromatic rings. The Morgan fingerprint density at radius 2 is 1.81 bits per heavy atom. The Kier molecular flexibility index (Phi) is 5.77. The molecule has 0 bridgehead atoms. The normalized spacial score (nSPS) is 20.1. The van der Waals surface area contributed by atoms with Crippen LogP contribution in [0, 0.1) is 5.41 Å². The molecule has 0 radical (unpaired) electrons. The standard InChI is InChI=1S/C14H30N2/c1-5-16(6-2)12-8-7-11-15-13(3)14(4)9-10-14/h13,15H,5-12H2,1-4H3. The van der Waals surface area contributed by atoms with E-state index < -0.39 is 0 Å². The lowest BCUT2D eigenvalue weighted by molar-refractivity contribution is 0.293. The van der Waals surface area contributed by atoms with Crippen molar-refractivity contribution in [2.45, 2.75) is 59.4 Å². The molecular weight excluding hydrogens is 196 g/mol. The van der Waals surface area contributed by atoms with Crippen molar-refractivity contribution in [1.29, 1.82) is 0 Å². The van der Waals surface area contributed by atoms with Crippen molar-refractivity contribution in [1.82, 2.24) is 10.2 Å². The summed E-state index contributed by atoms with van der Waals surface area (Å²) < 4.78 is 0. The fourth-order valence-electron chi connectivity index (χ4n) is 2.20. The third-order valence-corrected chi connectivity index (χ3v) is 4.33. The third kappa shape index (κ3) is 4.42. The predicted molar refractivity (Wildman–Crippen MR) is 71.8 cm³/mol. The van der Waals surface area contributed by atoms with Crippen molar-refractivity contribution >= 4 is 0 Å². The highest BCUT2D eigenvalue weighted by Gasteiger charge is 2.41. The Balaban J connectivity index is 1.95. The van der Waals surface area contributed by atoms with E-state index in [2.05, 4.69) is 37.9 Å². The van der Waals surface area contributed by atoms with Gasteiger partial charge in [0.15, 0.2) is 0 Å². The van der Waals surface area contributed by atoms with Crippen LogP contribution in [0.15, 0.2) is 0 Å². The first-order chi connectivity index (χ1) is 7.62. The summed E-state index contributed by atoms with van der Waals surface area (Å²) in [6.07, 6.45) is 5.48. The fourth-order valence-corrected chi connectivity index (χ4v) is 2.20. The zero-order valence-corrected chi connectivity index (χ0v) is 11.7. The van der Waals surface area contributed by atoms with Gasteiger partial charge in [-0.3, -0.25) is 0 Å². The Morgan fingerprint density at radius 3 is 2.31 bits per heavy atom. The van der Waals surface area contributed by atoms with Crippen LogP contribution >= 0.6 is 0 Å². The lowest BCUT2D eigenvalue weighted by Gasteiger charge is -2.21. The Morgan fingerprint density at radius 1 is 1.19 bits per heavy atom. The van der Waals surface area contributed by atoms with Crippen LogP contribution in [0.5, 0.6) is 0 Å². The first kappa shape index (κ1) is 14.0. The summed E-state index contributed by atoms with van der Waals surface area (Å²) in [6, 6.07) is 0.709. The van der Waals surface area contributed by atoms with Gasteiger partial charge in [-0.25, -0.2) is 0 Å². The molecule has 0 spiro atoms. The number of rotatable bonds is 9. The van der Waals surface area contributed by atoms with Gasteiger partial charge < -0.3 is 10.2 Å². The minimum absolute atomic E-state index is 0.624. The number of unbranched alkanes of at least 4 members (excludes halogenated alkanes) is 1. The molecule has 0 aliphatic heterocycles. The van der Waals surface area contributed by atoms with Crippen LogP contribution in [0.3, 0.4) is 0 Å². The molecule has 1 N–H and O–H groups in total. The van der Waals surface area contributed by atoms with Crippen molar-refractivity contribution in [3.05, 3.63) is 0 Å². The summed E-state index contributed by atoms with van der Waals surface area (Å²) in [5, 5.41) is 3.68. The van der Waals surface area contributed by atoms with E-state index in [0.29, 0.717) is 11.5 Å². The molecule has 16 heavy (non-hydrogen) atoms. The second-order valence-electron chi connectivity index (χ2n) is 5.56. The van der Waals surface area contributed by atoms with Crippen molar-refractivity contribution in [3.8, 4) is 0 Å². The monoisotopic (exact) mass is 226 g/mol. The van der Waals surface area contributed by atoms with E-state index in [1.165, 1.54) is 51.9 Å². The molecule has 0 amide bonds. The van der Waals surface area contributed by atoms with E-state index in [1.54, 1.807) is 0 Å². The second-order valence-corrected chi connectivity index (χ2v) is 5.56. The van der Waals surface area contributed by atoms with Crippen molar-refractivity contribution in [2.75, 3.05) is 26.2 Å². The number of nitrogens with one attached hydrogen (secondary N) is 1. The van der Waals surface area contributed by atoms with Crippen LogP contribution in [0.4, 0.5) is 0 Å². The number of hydrogen-bond donors (Lipinski definition) is 1. The number of hydrogen-bond acceptors (Lipinski definition) is 2. The van der Waals surface area contributed by atoms with Gasteiger partial charge in [0, 0.05) is 6.04 Å². The maximum absolute atomic E-state index is 3.68. The molecule has 1 unspecified atom stereocenters. The van der Waals surface area contributed by atoms with Crippen molar-refractivity contribution in [3.63, 3.8) is 0 Å². The Bertz CT molecular complexity index is 183. The maximum Gasteiger partial charge on any atom is 0.00925 e. The van der Waals surface area contributed by atoms with Gasteiger partial charge >= 0.3 is 0 Å². The summed E-state index contributed by atoms with van der Waals surface area (Å²) in [5.41, 5.74) is 0.624. The molecule has 96 valence electrons. The molecule has 0 heterocycles. The third-order valence-electron chi connectivity index (χ3n) is 4.33. The summed E-state index contributed by atoms with van der Waals surface area (Å²) in [4.78, 5) is 2.51. The van der Waals surface area contributed by atoms with Gasteiger partial charge in [0.25, 0.3) is 0 Å². The van der Waals surface area contributed by atoms with Crippen molar-refractivity contribution in [2.24, 2.45) is 5.41 Å². The molecule has 0 aromatic heterocycles. The largest absolute Gasteiger partial charge is 0.314 e. The van der Waals surface area contributed by atoms with Gasteiger partial charge in [-0.1, -0.05) is 20.8 Å². The molecule has 1 atom stereocenters. The zero-order chi connectivity index (χ0) is 12.0. The van der Waals surface area contributed by atoms with Gasteiger partial charge in [-0.05, 0) is 64.2 Å². The highest BCUT2D eigenvalue weighted by Crippen LogP contribution is 2.47. The fraction of sp³-hybridized carbons (Fsp3) is 1.00. The predicted octanol–water partition coefficient (Wildman–Crippen LogP) is 2.89. The Labute approximate surface area is 102 Å². The smallest absolute Gasteiger partial charge is 0.00925 e. The van der Waals surface area contributed by atoms with Gasteiger partial charge in [0.05, 0.1) is 0 Å². The van der Waals surface area contributed by atoms with Crippen LogP contribution < -0.4 is 5.32 Å². The minimum Gasteiger partial charge on any atom is -0.314 e. The molecule has 2 heteroatoms. The Hall–Kier alpha value is -0.0800. The average molecular weight is 226 g/mol. The molecule has 1 rings (SSSR count). The molecule has 1 aliphatic rings. The summed E-state index contributed by atoms with van der Waals surface area (Å²) in [5.74, 6) is 0. The van der Waals surface area contributed by atoms with Gasteiger partial charge in [-0.15, -0.1) is 0 Å². The summed E-state index contributed by atoms with van der Waals surface area (Å²) in [7, 11) is 0. The van der Waals surface area contributed by atoms with E-state index in [0.717, 1.165) is 0 Å². The molecule has 1 fully saturated rings. The van der Waals surface area contributed by atoms with Crippen LogP contribution in [-0.4, -0.2) is 37.1 Å². The van der Waals surface area contributed by atoms with E-state index in [4.69, 9.17) is 0 Å². The topological polar surface area (TPSA) is 15.3 Å². The van der Waals surface area contributed by atoms with E-state index in [1.807, 2.05) is 0 Å². The molecular formula is C14H30N2. The zero-order valence-electron chi connectivity index (χ0n) is 11.7. The van der Waals surface area contributed by atoms with E-state index in [9.17, 15) is 0 Å². The lowest BCUT2D eigenvalue weighted by Crippen LogP contribution is -2.34. The lowest BCUT2D eigenvalue weighted by atomic mass is 10.0. The molecule has 1 aliphatic carbocycles. The van der Waals surface area contributed by atoms with Crippen molar-refractivity contribution < 1.29 is 0 Å². The van der Waals surface area contributed by atoms with Crippen LogP contribution in [-0.2, 0) is 0 Å². The molecule has 1 saturated carbocycles. The first-order valence-electron chi connectivity index (χ1n) is 7.08. The van der Waals surface area contributed by atoms with Gasteiger partial charge in [0.2, 0.25) is 0 Å². The minimum atomic E-state index is 0.624. The highest BCUT2D eigenvalue weighted by molar-refractivity contribution is 4.96. The molecule has 2 nitrogen and oxygen atoms in total. The van der Waals surface area contributed by atoms with E-state index in [-0.39, 0.29) is 0 Å². The van der Waals surface area contributed by atoms with Crippen LogP contribution in [0.1, 0.15) is 53.4 Å². The SMILES string of the molecule is CCN(CC)CCCCNC(C)C1(C)CC1. The quantitative estimate of drug-likeness (QED) is 0.608. The summed E-state index contributed by atoms with van der Waals surface area (Å²) in [6.45, 7) is 14.1. The van der Waals surface area contributed by atoms with Crippen LogP contribution in [0.2, 0.25) is 0 Å². The summed E-state index contributed by atoms with van der Waals surface area (Å²) >= 11 is 0. The van der Waals surface area contributed by atoms with E-state index >= 15 is 0 Å². The molecule has 0 aromatic carbocycles. The second kappa shape index (κ2) is 6.61. The van der Waals surface area contributed by atoms with Crippen LogP contribution in [0.25, 0.3) is 0 Å². The van der Waals surface area contributed by atoms with Gasteiger partial charge in [0.1, 0.15) is 0 Å². The maximum atomic E-state index is 3.68.